The number of fused-ring (bicyclic) bond motifs is 1. The van der Waals surface area contributed by atoms with Crippen LogP contribution in [0, 0.1) is 0 Å². The van der Waals surface area contributed by atoms with E-state index >= 15 is 0 Å². The molecule has 0 aromatic carbocycles. The Kier molecular flexibility index (Phi) is 3.30. The fraction of sp³-hybridized carbons (Fsp3) is 0.250. The van der Waals surface area contributed by atoms with E-state index in [1.54, 1.807) is 25.5 Å². The number of hydrogen-bond donors (Lipinski definition) is 1. The number of rotatable bonds is 3. The summed E-state index contributed by atoms with van der Waals surface area (Å²) in [6, 6.07) is 3.66. The lowest BCUT2D eigenvalue weighted by molar-refractivity contribution is 0.0768. The number of aliphatic hydroxyl groups excluding tert-OH is 1. The maximum atomic E-state index is 12.1. The second-order valence-corrected chi connectivity index (χ2v) is 3.71. The highest BCUT2D eigenvalue weighted by Gasteiger charge is 2.15. The molecule has 0 aliphatic rings. The maximum Gasteiger partial charge on any atom is 0.257 e. The minimum absolute atomic E-state index is 0.0616. The van der Waals surface area contributed by atoms with Crippen LogP contribution in [0.25, 0.3) is 10.9 Å². The van der Waals surface area contributed by atoms with Crippen molar-refractivity contribution in [2.75, 3.05) is 20.2 Å². The SMILES string of the molecule is CN(CCO)C(=O)c1cncc2cccnc12. The number of carbonyl (C=O) groups excluding carboxylic acids is 1. The Morgan fingerprint density at radius 3 is 3.06 bits per heavy atom. The van der Waals surface area contributed by atoms with Crippen molar-refractivity contribution in [3.05, 3.63) is 36.3 Å². The van der Waals surface area contributed by atoms with Crippen LogP contribution >= 0.6 is 0 Å². The molecule has 0 saturated heterocycles. The first kappa shape index (κ1) is 11.5. The Morgan fingerprint density at radius 2 is 2.29 bits per heavy atom. The highest BCUT2D eigenvalue weighted by Crippen LogP contribution is 2.15. The fourth-order valence-corrected chi connectivity index (χ4v) is 1.61. The van der Waals surface area contributed by atoms with Crippen molar-refractivity contribution in [1.29, 1.82) is 0 Å². The van der Waals surface area contributed by atoms with Gasteiger partial charge in [0.25, 0.3) is 5.91 Å². The molecule has 1 N–H and O–H groups in total. The standard InChI is InChI=1S/C12H13N3O2/c1-15(5-6-16)12(17)10-8-13-7-9-3-2-4-14-11(9)10/h2-4,7-8,16H,5-6H2,1H3. The summed E-state index contributed by atoms with van der Waals surface area (Å²) in [4.78, 5) is 21.8. The van der Waals surface area contributed by atoms with Gasteiger partial charge >= 0.3 is 0 Å². The van der Waals surface area contributed by atoms with Crippen molar-refractivity contribution >= 4 is 16.8 Å². The van der Waals surface area contributed by atoms with Crippen molar-refractivity contribution in [3.8, 4) is 0 Å². The average molecular weight is 231 g/mol. The monoisotopic (exact) mass is 231 g/mol. The van der Waals surface area contributed by atoms with Crippen molar-refractivity contribution in [1.82, 2.24) is 14.9 Å². The minimum atomic E-state index is -0.184. The van der Waals surface area contributed by atoms with Gasteiger partial charge in [0.05, 0.1) is 17.7 Å². The summed E-state index contributed by atoms with van der Waals surface area (Å²) in [6.07, 6.45) is 4.82. The number of pyridine rings is 2. The molecule has 1 amide bonds. The summed E-state index contributed by atoms with van der Waals surface area (Å²) in [6.45, 7) is 0.232. The summed E-state index contributed by atoms with van der Waals surface area (Å²) >= 11 is 0. The molecular formula is C12H13N3O2. The molecule has 0 spiro atoms. The van der Waals surface area contributed by atoms with Crippen molar-refractivity contribution in [2.24, 2.45) is 0 Å². The Labute approximate surface area is 98.7 Å². The molecule has 2 heterocycles. The first-order chi connectivity index (χ1) is 8.24. The molecule has 2 rings (SSSR count). The van der Waals surface area contributed by atoms with E-state index in [2.05, 4.69) is 9.97 Å². The van der Waals surface area contributed by atoms with Crippen molar-refractivity contribution in [2.45, 2.75) is 0 Å². The van der Waals surface area contributed by atoms with E-state index in [0.717, 1.165) is 5.39 Å². The van der Waals surface area contributed by atoms with Gasteiger partial charge in [0, 0.05) is 37.6 Å². The molecule has 0 aliphatic heterocycles. The number of hydrogen-bond acceptors (Lipinski definition) is 4. The third-order valence-corrected chi connectivity index (χ3v) is 2.52. The molecule has 0 bridgehead atoms. The van der Waals surface area contributed by atoms with E-state index in [1.165, 1.54) is 11.1 Å². The van der Waals surface area contributed by atoms with Crippen LogP contribution in [-0.4, -0.2) is 46.1 Å². The normalized spacial score (nSPS) is 10.5. The lowest BCUT2D eigenvalue weighted by atomic mass is 10.1. The molecule has 5 heteroatoms. The lowest BCUT2D eigenvalue weighted by Gasteiger charge is -2.16. The summed E-state index contributed by atoms with van der Waals surface area (Å²) in [5.41, 5.74) is 1.09. The minimum Gasteiger partial charge on any atom is -0.395 e. The molecule has 0 atom stereocenters. The lowest BCUT2D eigenvalue weighted by Crippen LogP contribution is -2.29. The Bertz CT molecular complexity index is 537. The van der Waals surface area contributed by atoms with Gasteiger partial charge in [0.2, 0.25) is 0 Å². The van der Waals surface area contributed by atoms with Gasteiger partial charge in [0.15, 0.2) is 0 Å². The molecular weight excluding hydrogens is 218 g/mol. The van der Waals surface area contributed by atoms with Crippen molar-refractivity contribution < 1.29 is 9.90 Å². The second kappa shape index (κ2) is 4.88. The molecule has 88 valence electrons. The first-order valence-corrected chi connectivity index (χ1v) is 5.29. The van der Waals surface area contributed by atoms with Gasteiger partial charge in [-0.2, -0.15) is 0 Å². The van der Waals surface area contributed by atoms with E-state index in [4.69, 9.17) is 5.11 Å². The molecule has 5 nitrogen and oxygen atoms in total. The van der Waals surface area contributed by atoms with E-state index in [1.807, 2.05) is 6.07 Å². The van der Waals surface area contributed by atoms with Crippen LogP contribution in [0.15, 0.2) is 30.7 Å². The van der Waals surface area contributed by atoms with Gasteiger partial charge in [-0.15, -0.1) is 0 Å². The van der Waals surface area contributed by atoms with E-state index < -0.39 is 0 Å². The summed E-state index contributed by atoms with van der Waals surface area (Å²) in [5, 5.41) is 9.65. The second-order valence-electron chi connectivity index (χ2n) is 3.71. The third kappa shape index (κ3) is 2.24. The number of aliphatic hydroxyl groups is 1. The Balaban J connectivity index is 2.45. The number of amides is 1. The molecule has 0 saturated carbocycles. The number of aromatic nitrogens is 2. The van der Waals surface area contributed by atoms with E-state index in [-0.39, 0.29) is 12.5 Å². The van der Waals surface area contributed by atoms with Crippen LogP contribution < -0.4 is 0 Å². The van der Waals surface area contributed by atoms with Gasteiger partial charge in [-0.05, 0) is 12.1 Å². The van der Waals surface area contributed by atoms with Crippen LogP contribution in [0.2, 0.25) is 0 Å². The topological polar surface area (TPSA) is 66.3 Å². The van der Waals surface area contributed by atoms with Gasteiger partial charge < -0.3 is 10.0 Å². The highest BCUT2D eigenvalue weighted by molar-refractivity contribution is 6.04. The van der Waals surface area contributed by atoms with E-state index in [9.17, 15) is 4.79 Å². The Hall–Kier alpha value is -2.01. The predicted molar refractivity (Wildman–Crippen MR) is 63.6 cm³/mol. The summed E-state index contributed by atoms with van der Waals surface area (Å²) < 4.78 is 0. The molecule has 2 aromatic rings. The Morgan fingerprint density at radius 1 is 1.47 bits per heavy atom. The fourth-order valence-electron chi connectivity index (χ4n) is 1.61. The van der Waals surface area contributed by atoms with Crippen molar-refractivity contribution in [3.63, 3.8) is 0 Å². The zero-order valence-corrected chi connectivity index (χ0v) is 9.50. The van der Waals surface area contributed by atoms with Gasteiger partial charge in [-0.25, -0.2) is 0 Å². The molecule has 17 heavy (non-hydrogen) atoms. The average Bonchev–Trinajstić information content (AvgIpc) is 2.37. The smallest absolute Gasteiger partial charge is 0.257 e. The predicted octanol–water partition coefficient (Wildman–Crippen LogP) is 0.694. The van der Waals surface area contributed by atoms with Gasteiger partial charge in [-0.3, -0.25) is 14.8 Å². The van der Waals surface area contributed by atoms with Crippen LogP contribution in [0.1, 0.15) is 10.4 Å². The number of nitrogens with zero attached hydrogens (tertiary/aromatic N) is 3. The van der Waals surface area contributed by atoms with Gasteiger partial charge in [0.1, 0.15) is 0 Å². The van der Waals surface area contributed by atoms with Crippen LogP contribution in [-0.2, 0) is 0 Å². The molecule has 0 fully saturated rings. The largest absolute Gasteiger partial charge is 0.395 e. The first-order valence-electron chi connectivity index (χ1n) is 5.29. The maximum absolute atomic E-state index is 12.1. The van der Waals surface area contributed by atoms with E-state index in [0.29, 0.717) is 17.6 Å². The molecule has 2 aromatic heterocycles. The number of likely N-dealkylation sites (N-methyl/N-ethyl adjacent to an activating group) is 1. The van der Waals surface area contributed by atoms with Crippen LogP contribution in [0.4, 0.5) is 0 Å². The molecule has 0 radical (unpaired) electrons. The molecule has 0 aliphatic carbocycles. The number of carbonyl (C=O) groups is 1. The third-order valence-electron chi connectivity index (χ3n) is 2.52. The highest BCUT2D eigenvalue weighted by atomic mass is 16.3. The summed E-state index contributed by atoms with van der Waals surface area (Å²) in [5.74, 6) is -0.184. The zero-order valence-electron chi connectivity index (χ0n) is 9.50. The quantitative estimate of drug-likeness (QED) is 0.844. The molecule has 0 unspecified atom stereocenters. The van der Waals surface area contributed by atoms with Crippen LogP contribution in [0.5, 0.6) is 0 Å². The zero-order chi connectivity index (χ0) is 12.3. The van der Waals surface area contributed by atoms with Crippen LogP contribution in [0.3, 0.4) is 0 Å². The van der Waals surface area contributed by atoms with Gasteiger partial charge in [-0.1, -0.05) is 0 Å². The summed E-state index contributed by atoms with van der Waals surface area (Å²) in [7, 11) is 1.64.